The Hall–Kier alpha value is -2.88. The van der Waals surface area contributed by atoms with E-state index in [0.717, 1.165) is 25.7 Å². The topological polar surface area (TPSA) is 120 Å². The zero-order valence-electron chi connectivity index (χ0n) is 15.4. The van der Waals surface area contributed by atoms with Crippen LogP contribution in [0.4, 0.5) is 5.69 Å². The Morgan fingerprint density at radius 1 is 1.10 bits per heavy atom. The van der Waals surface area contributed by atoms with Crippen LogP contribution >= 0.6 is 10.8 Å². The molecule has 29 heavy (non-hydrogen) atoms. The number of nitrogens with one attached hydrogen (secondary N) is 1. The summed E-state index contributed by atoms with van der Waals surface area (Å²) in [6.45, 7) is 0. The second kappa shape index (κ2) is 6.58. The van der Waals surface area contributed by atoms with Crippen molar-refractivity contribution < 1.29 is 14.2 Å². The van der Waals surface area contributed by atoms with E-state index in [1.165, 1.54) is 0 Å². The highest BCUT2D eigenvalue weighted by molar-refractivity contribution is 8.23. The molecule has 0 spiro atoms. The number of pyridine rings is 2. The molecule has 0 atom stereocenters. The molecule has 2 aromatic heterocycles. The van der Waals surface area contributed by atoms with Crippen molar-refractivity contribution in [2.24, 2.45) is 4.40 Å². The fourth-order valence-corrected chi connectivity index (χ4v) is 5.35. The first-order chi connectivity index (χ1) is 14.0. The average Bonchev–Trinajstić information content (AvgIpc) is 3.22. The van der Waals surface area contributed by atoms with E-state index >= 15 is 0 Å². The lowest BCUT2D eigenvalue weighted by atomic mass is 10.1. The number of fused-ring (bicyclic) bond motifs is 2. The Morgan fingerprint density at radius 2 is 1.86 bits per heavy atom. The molecule has 5 rings (SSSR count). The van der Waals surface area contributed by atoms with E-state index in [0.29, 0.717) is 16.7 Å². The summed E-state index contributed by atoms with van der Waals surface area (Å²) in [4.78, 5) is 18.1. The van der Waals surface area contributed by atoms with Crippen LogP contribution < -0.4 is 10.9 Å². The van der Waals surface area contributed by atoms with Gasteiger partial charge in [0, 0.05) is 12.2 Å². The minimum absolute atomic E-state index is 0.0175. The third kappa shape index (κ3) is 2.81. The van der Waals surface area contributed by atoms with Crippen molar-refractivity contribution >= 4 is 33.3 Å². The fourth-order valence-electron chi connectivity index (χ4n) is 4.18. The van der Waals surface area contributed by atoms with Gasteiger partial charge in [0.2, 0.25) is 0 Å². The molecular formula is C20H20N4O4S. The summed E-state index contributed by atoms with van der Waals surface area (Å²) in [5, 5.41) is 14.4. The molecule has 1 aliphatic heterocycles. The molecule has 0 radical (unpaired) electrons. The first kappa shape index (κ1) is 18.2. The summed E-state index contributed by atoms with van der Waals surface area (Å²) >= 11 is 0. The summed E-state index contributed by atoms with van der Waals surface area (Å²) in [6, 6.07) is 10.0. The van der Waals surface area contributed by atoms with Crippen molar-refractivity contribution in [3.63, 3.8) is 0 Å². The van der Waals surface area contributed by atoms with Crippen LogP contribution in [0.5, 0.6) is 5.75 Å². The fraction of sp³-hybridized carbons (Fsp3) is 0.250. The molecule has 0 saturated heterocycles. The van der Waals surface area contributed by atoms with Gasteiger partial charge in [-0.3, -0.25) is 18.5 Å². The SMILES string of the molecule is O=c1c(C2=NS(O)(O)c3ccccc3N2)c(O)c2cccnc2n1C1CCCC1. The smallest absolute Gasteiger partial charge is 0.267 e. The van der Waals surface area contributed by atoms with Crippen molar-refractivity contribution in [1.82, 2.24) is 9.55 Å². The molecule has 1 saturated carbocycles. The first-order valence-corrected chi connectivity index (χ1v) is 10.9. The van der Waals surface area contributed by atoms with Gasteiger partial charge in [-0.25, -0.2) is 4.98 Å². The normalized spacial score (nSPS) is 19.4. The van der Waals surface area contributed by atoms with Crippen LogP contribution in [0.3, 0.4) is 0 Å². The van der Waals surface area contributed by atoms with Crippen LogP contribution in [0.25, 0.3) is 11.0 Å². The number of hydrogen-bond donors (Lipinski definition) is 4. The second-order valence-corrected chi connectivity index (χ2v) is 8.95. The van der Waals surface area contributed by atoms with Crippen LogP contribution in [0.1, 0.15) is 37.3 Å². The molecule has 1 fully saturated rings. The minimum atomic E-state index is -3.51. The van der Waals surface area contributed by atoms with Crippen molar-refractivity contribution in [2.45, 2.75) is 36.6 Å². The lowest BCUT2D eigenvalue weighted by molar-refractivity contribution is 0.469. The van der Waals surface area contributed by atoms with E-state index in [-0.39, 0.29) is 28.1 Å². The summed E-state index contributed by atoms with van der Waals surface area (Å²) in [5.41, 5.74) is 0.345. The molecule has 1 aliphatic carbocycles. The number of hydrogen-bond acceptors (Lipinski definition) is 7. The molecule has 0 bridgehead atoms. The zero-order valence-corrected chi connectivity index (χ0v) is 16.3. The lowest BCUT2D eigenvalue weighted by Crippen LogP contribution is -2.33. The van der Waals surface area contributed by atoms with Crippen molar-refractivity contribution in [3.05, 3.63) is 58.5 Å². The highest BCUT2D eigenvalue weighted by atomic mass is 32.3. The summed E-state index contributed by atoms with van der Waals surface area (Å²) < 4.78 is 26.7. The Kier molecular flexibility index (Phi) is 4.12. The number of anilines is 1. The molecule has 3 aromatic rings. The quantitative estimate of drug-likeness (QED) is 0.503. The number of amidine groups is 1. The van der Waals surface area contributed by atoms with Gasteiger partial charge in [0.1, 0.15) is 21.9 Å². The molecule has 8 nitrogen and oxygen atoms in total. The van der Waals surface area contributed by atoms with E-state index in [1.54, 1.807) is 47.2 Å². The van der Waals surface area contributed by atoms with Gasteiger partial charge >= 0.3 is 0 Å². The Morgan fingerprint density at radius 3 is 2.66 bits per heavy atom. The Labute approximate surface area is 168 Å². The van der Waals surface area contributed by atoms with Gasteiger partial charge < -0.3 is 10.4 Å². The van der Waals surface area contributed by atoms with Gasteiger partial charge in [0.05, 0.1) is 11.1 Å². The molecular weight excluding hydrogens is 392 g/mol. The highest BCUT2D eigenvalue weighted by Crippen LogP contribution is 2.55. The van der Waals surface area contributed by atoms with E-state index in [2.05, 4.69) is 14.7 Å². The van der Waals surface area contributed by atoms with Gasteiger partial charge in [0.15, 0.2) is 5.84 Å². The predicted molar refractivity (Wildman–Crippen MR) is 113 cm³/mol. The monoisotopic (exact) mass is 412 g/mol. The van der Waals surface area contributed by atoms with E-state index < -0.39 is 16.3 Å². The molecule has 0 amide bonds. The van der Waals surface area contributed by atoms with Crippen LogP contribution in [0, 0.1) is 0 Å². The number of para-hydroxylation sites is 1. The largest absolute Gasteiger partial charge is 0.506 e. The third-order valence-electron chi connectivity index (χ3n) is 5.52. The number of nitrogens with zero attached hydrogens (tertiary/aromatic N) is 3. The number of rotatable bonds is 2. The Balaban J connectivity index is 1.78. The molecule has 0 unspecified atom stereocenters. The second-order valence-electron chi connectivity index (χ2n) is 7.29. The molecule has 9 heteroatoms. The zero-order chi connectivity index (χ0) is 20.2. The van der Waals surface area contributed by atoms with Gasteiger partial charge in [-0.1, -0.05) is 35.8 Å². The summed E-state index contributed by atoms with van der Waals surface area (Å²) in [6.07, 6.45) is 5.35. The van der Waals surface area contributed by atoms with E-state index in [9.17, 15) is 19.0 Å². The third-order valence-corrected chi connectivity index (χ3v) is 6.90. The number of benzene rings is 1. The van der Waals surface area contributed by atoms with Crippen molar-refractivity contribution in [1.29, 1.82) is 0 Å². The summed E-state index contributed by atoms with van der Waals surface area (Å²) in [7, 11) is -3.51. The van der Waals surface area contributed by atoms with Crippen LogP contribution in [-0.4, -0.2) is 29.6 Å². The van der Waals surface area contributed by atoms with Gasteiger partial charge in [0.25, 0.3) is 5.56 Å². The van der Waals surface area contributed by atoms with Crippen LogP contribution in [-0.2, 0) is 0 Å². The van der Waals surface area contributed by atoms with Crippen LogP contribution in [0.15, 0.2) is 56.7 Å². The average molecular weight is 412 g/mol. The Bertz CT molecular complexity index is 1210. The maximum atomic E-state index is 13.5. The maximum Gasteiger partial charge on any atom is 0.267 e. The standard InChI is InChI=1S/C20H20N4O4S/c25-17-13-8-5-11-21-19(13)24(12-6-1-2-7-12)20(26)16(17)18-22-14-9-3-4-10-15(14)29(27,28)23-18/h3-5,8-12,25,27-28H,1-2,6-7H2,(H,22,23). The van der Waals surface area contributed by atoms with Gasteiger partial charge in [-0.2, -0.15) is 0 Å². The first-order valence-electron chi connectivity index (χ1n) is 9.44. The maximum absolute atomic E-state index is 13.5. The number of aromatic hydroxyl groups is 1. The highest BCUT2D eigenvalue weighted by Gasteiger charge is 2.32. The summed E-state index contributed by atoms with van der Waals surface area (Å²) in [5.74, 6) is -0.322. The molecule has 3 heterocycles. The minimum Gasteiger partial charge on any atom is -0.506 e. The van der Waals surface area contributed by atoms with Crippen LogP contribution in [0.2, 0.25) is 0 Å². The van der Waals surface area contributed by atoms with Gasteiger partial charge in [-0.05, 0) is 37.1 Å². The molecule has 2 aliphatic rings. The van der Waals surface area contributed by atoms with E-state index in [4.69, 9.17) is 0 Å². The van der Waals surface area contributed by atoms with Crippen molar-refractivity contribution in [3.8, 4) is 5.75 Å². The predicted octanol–water partition coefficient (Wildman–Crippen LogP) is 4.11. The molecule has 4 N–H and O–H groups in total. The van der Waals surface area contributed by atoms with Gasteiger partial charge in [-0.15, -0.1) is 4.40 Å². The van der Waals surface area contributed by atoms with E-state index in [1.807, 2.05) is 0 Å². The molecule has 1 aromatic carbocycles. The number of aromatic nitrogens is 2. The lowest BCUT2D eigenvalue weighted by Gasteiger charge is -2.34. The van der Waals surface area contributed by atoms with Crippen molar-refractivity contribution in [2.75, 3.05) is 5.32 Å². The molecule has 150 valence electrons.